The molecule has 0 spiro atoms. The van der Waals surface area contributed by atoms with Gasteiger partial charge in [-0.2, -0.15) is 0 Å². The lowest BCUT2D eigenvalue weighted by Gasteiger charge is -2.29. The number of hydrogen-bond donors (Lipinski definition) is 1. The van der Waals surface area contributed by atoms with Gasteiger partial charge in [-0.05, 0) is 42.7 Å². The number of nitrogens with zero attached hydrogens (tertiary/aromatic N) is 2. The minimum absolute atomic E-state index is 0.0278. The third-order valence-corrected chi connectivity index (χ3v) is 6.00. The monoisotopic (exact) mass is 335 g/mol. The molecule has 23 heavy (non-hydrogen) atoms. The van der Waals surface area contributed by atoms with Gasteiger partial charge in [0.2, 0.25) is 11.8 Å². The minimum atomic E-state index is -0.275. The Morgan fingerprint density at radius 1 is 1.43 bits per heavy atom. The summed E-state index contributed by atoms with van der Waals surface area (Å²) in [4.78, 5) is 30.2. The zero-order valence-corrected chi connectivity index (χ0v) is 14.5. The van der Waals surface area contributed by atoms with Crippen molar-refractivity contribution in [3.63, 3.8) is 0 Å². The van der Waals surface area contributed by atoms with Gasteiger partial charge < -0.3 is 15.5 Å². The van der Waals surface area contributed by atoms with E-state index in [-0.39, 0.29) is 23.3 Å². The molecule has 0 bridgehead atoms. The molecule has 2 aliphatic heterocycles. The maximum absolute atomic E-state index is 12.9. The lowest BCUT2D eigenvalue weighted by molar-refractivity contribution is -0.143. The van der Waals surface area contributed by atoms with Crippen LogP contribution in [0.5, 0.6) is 0 Å². The van der Waals surface area contributed by atoms with Crippen molar-refractivity contribution in [2.75, 3.05) is 26.2 Å². The Morgan fingerprint density at radius 3 is 2.91 bits per heavy atom. The molecule has 2 fully saturated rings. The number of thiophene rings is 1. The molecule has 2 atom stereocenters. The Balaban J connectivity index is 1.64. The Morgan fingerprint density at radius 2 is 2.26 bits per heavy atom. The van der Waals surface area contributed by atoms with E-state index in [1.807, 2.05) is 22.4 Å². The number of amides is 2. The summed E-state index contributed by atoms with van der Waals surface area (Å²) in [6, 6.07) is 3.66. The molecule has 2 unspecified atom stereocenters. The summed E-state index contributed by atoms with van der Waals surface area (Å²) in [5.41, 5.74) is 5.86. The van der Waals surface area contributed by atoms with Gasteiger partial charge >= 0.3 is 0 Å². The standard InChI is InChI=1S/C17H25N3O2S/c1-17(11-18)6-8-19(12-17)16(22)14-5-2-7-20(14)15(21)10-13-4-3-9-23-13/h3-4,9,14H,2,5-8,10-12,18H2,1H3. The molecule has 5 nitrogen and oxygen atoms in total. The first-order valence-electron chi connectivity index (χ1n) is 8.33. The highest BCUT2D eigenvalue weighted by Crippen LogP contribution is 2.31. The van der Waals surface area contributed by atoms with Gasteiger partial charge in [-0.25, -0.2) is 0 Å². The Hall–Kier alpha value is -1.40. The molecule has 3 heterocycles. The normalized spacial score (nSPS) is 27.7. The molecule has 0 saturated carbocycles. The van der Waals surface area contributed by atoms with Crippen molar-refractivity contribution in [3.8, 4) is 0 Å². The van der Waals surface area contributed by atoms with Crippen LogP contribution in [0.3, 0.4) is 0 Å². The molecular weight excluding hydrogens is 310 g/mol. The van der Waals surface area contributed by atoms with Crippen LogP contribution in [0, 0.1) is 5.41 Å². The zero-order chi connectivity index (χ0) is 16.4. The van der Waals surface area contributed by atoms with Crippen molar-refractivity contribution in [1.29, 1.82) is 0 Å². The van der Waals surface area contributed by atoms with Gasteiger partial charge in [0.05, 0.1) is 6.42 Å². The van der Waals surface area contributed by atoms with Crippen LogP contribution in [0.25, 0.3) is 0 Å². The fourth-order valence-corrected chi connectivity index (χ4v) is 4.27. The average Bonchev–Trinajstić information content (AvgIpc) is 3.27. The third-order valence-electron chi connectivity index (χ3n) is 5.13. The summed E-state index contributed by atoms with van der Waals surface area (Å²) in [6.45, 7) is 4.90. The van der Waals surface area contributed by atoms with Crippen molar-refractivity contribution in [2.24, 2.45) is 11.1 Å². The van der Waals surface area contributed by atoms with Crippen LogP contribution in [-0.4, -0.2) is 53.8 Å². The van der Waals surface area contributed by atoms with Gasteiger partial charge in [-0.15, -0.1) is 11.3 Å². The van der Waals surface area contributed by atoms with Crippen LogP contribution in [0.4, 0.5) is 0 Å². The molecule has 0 aromatic carbocycles. The first kappa shape index (κ1) is 16.5. The Labute approximate surface area is 141 Å². The third kappa shape index (κ3) is 3.43. The number of carbonyl (C=O) groups excluding carboxylic acids is 2. The molecule has 1 aromatic rings. The first-order chi connectivity index (χ1) is 11.0. The van der Waals surface area contributed by atoms with Gasteiger partial charge in [-0.3, -0.25) is 9.59 Å². The summed E-state index contributed by atoms with van der Waals surface area (Å²) in [6.07, 6.45) is 3.05. The molecule has 2 aliphatic rings. The second-order valence-electron chi connectivity index (χ2n) is 7.03. The molecular formula is C17H25N3O2S. The van der Waals surface area contributed by atoms with Crippen molar-refractivity contribution in [2.45, 2.75) is 38.6 Å². The van der Waals surface area contributed by atoms with Crippen LogP contribution in [-0.2, 0) is 16.0 Å². The largest absolute Gasteiger partial charge is 0.340 e. The summed E-state index contributed by atoms with van der Waals surface area (Å²) in [5, 5.41) is 1.98. The maximum atomic E-state index is 12.9. The van der Waals surface area contributed by atoms with Gasteiger partial charge in [0, 0.05) is 24.5 Å². The van der Waals surface area contributed by atoms with E-state index < -0.39 is 0 Å². The summed E-state index contributed by atoms with van der Waals surface area (Å²) in [5.74, 6) is 0.184. The van der Waals surface area contributed by atoms with Crippen LogP contribution in [0.15, 0.2) is 17.5 Å². The fourth-order valence-electron chi connectivity index (χ4n) is 3.57. The fraction of sp³-hybridized carbons (Fsp3) is 0.647. The second kappa shape index (κ2) is 6.61. The number of likely N-dealkylation sites (tertiary alicyclic amines) is 2. The summed E-state index contributed by atoms with van der Waals surface area (Å²) < 4.78 is 0. The van der Waals surface area contributed by atoms with Gasteiger partial charge in [0.25, 0.3) is 0 Å². The topological polar surface area (TPSA) is 66.6 Å². The number of carbonyl (C=O) groups is 2. The lowest BCUT2D eigenvalue weighted by atomic mass is 9.90. The van der Waals surface area contributed by atoms with Gasteiger partial charge in [0.1, 0.15) is 6.04 Å². The van der Waals surface area contributed by atoms with Crippen LogP contribution in [0.2, 0.25) is 0 Å². The van der Waals surface area contributed by atoms with Crippen molar-refractivity contribution in [3.05, 3.63) is 22.4 Å². The van der Waals surface area contributed by atoms with Crippen molar-refractivity contribution >= 4 is 23.2 Å². The Kier molecular flexibility index (Phi) is 4.73. The summed E-state index contributed by atoms with van der Waals surface area (Å²) in [7, 11) is 0. The SMILES string of the molecule is CC1(CN)CCN(C(=O)C2CCCN2C(=O)Cc2cccs2)C1. The highest BCUT2D eigenvalue weighted by molar-refractivity contribution is 7.10. The van der Waals surface area contributed by atoms with Crippen LogP contribution >= 0.6 is 11.3 Å². The highest BCUT2D eigenvalue weighted by atomic mass is 32.1. The number of hydrogen-bond acceptors (Lipinski definition) is 4. The molecule has 0 radical (unpaired) electrons. The van der Waals surface area contributed by atoms with Gasteiger partial charge in [-0.1, -0.05) is 13.0 Å². The van der Waals surface area contributed by atoms with Crippen LogP contribution in [0.1, 0.15) is 31.1 Å². The molecule has 2 saturated heterocycles. The molecule has 2 N–H and O–H groups in total. The summed E-state index contributed by atoms with van der Waals surface area (Å²) >= 11 is 1.59. The average molecular weight is 335 g/mol. The molecule has 3 rings (SSSR count). The van der Waals surface area contributed by atoms with Crippen molar-refractivity contribution < 1.29 is 9.59 Å². The smallest absolute Gasteiger partial charge is 0.245 e. The van der Waals surface area contributed by atoms with E-state index in [0.717, 1.165) is 30.7 Å². The number of nitrogens with two attached hydrogens (primary N) is 1. The van der Waals surface area contributed by atoms with E-state index in [4.69, 9.17) is 5.73 Å². The van der Waals surface area contributed by atoms with E-state index in [9.17, 15) is 9.59 Å². The van der Waals surface area contributed by atoms with E-state index >= 15 is 0 Å². The van der Waals surface area contributed by atoms with E-state index in [0.29, 0.717) is 26.1 Å². The quantitative estimate of drug-likeness (QED) is 0.906. The molecule has 126 valence electrons. The molecule has 2 amide bonds. The Bertz CT molecular complexity index is 574. The van der Waals surface area contributed by atoms with Crippen LogP contribution < -0.4 is 5.73 Å². The zero-order valence-electron chi connectivity index (χ0n) is 13.7. The first-order valence-corrected chi connectivity index (χ1v) is 9.21. The number of rotatable bonds is 4. The lowest BCUT2D eigenvalue weighted by Crippen LogP contribution is -2.48. The van der Waals surface area contributed by atoms with Gasteiger partial charge in [0.15, 0.2) is 0 Å². The van der Waals surface area contributed by atoms with E-state index in [1.54, 1.807) is 16.2 Å². The van der Waals surface area contributed by atoms with E-state index in [2.05, 4.69) is 6.92 Å². The predicted molar refractivity (Wildman–Crippen MR) is 91.1 cm³/mol. The van der Waals surface area contributed by atoms with E-state index in [1.165, 1.54) is 0 Å². The molecule has 1 aromatic heterocycles. The minimum Gasteiger partial charge on any atom is -0.340 e. The highest BCUT2D eigenvalue weighted by Gasteiger charge is 2.41. The predicted octanol–water partition coefficient (Wildman–Crippen LogP) is 1.48. The maximum Gasteiger partial charge on any atom is 0.245 e. The van der Waals surface area contributed by atoms with Crippen molar-refractivity contribution in [1.82, 2.24) is 9.80 Å². The second-order valence-corrected chi connectivity index (χ2v) is 8.06. The molecule has 0 aliphatic carbocycles. The molecule has 6 heteroatoms.